The van der Waals surface area contributed by atoms with Gasteiger partial charge in [-0.05, 0) is 23.8 Å². The Labute approximate surface area is 143 Å². The molecule has 3 aromatic heterocycles. The summed E-state index contributed by atoms with van der Waals surface area (Å²) < 4.78 is 1.85. The highest BCUT2D eigenvalue weighted by molar-refractivity contribution is 6.30. The molecule has 0 bridgehead atoms. The first-order chi connectivity index (χ1) is 11.7. The molecule has 0 radical (unpaired) electrons. The minimum atomic E-state index is -0.0326. The largest absolute Gasteiger partial charge is 0.361 e. The summed E-state index contributed by atoms with van der Waals surface area (Å²) in [4.78, 5) is 19.9. The number of amides is 1. The number of carbonyl (C=O) groups is 1. The lowest BCUT2D eigenvalue weighted by atomic mass is 10.1. The van der Waals surface area contributed by atoms with E-state index >= 15 is 0 Å². The van der Waals surface area contributed by atoms with E-state index in [1.165, 1.54) is 0 Å². The number of H-pyrrole nitrogens is 1. The normalized spacial score (nSPS) is 11.2. The zero-order chi connectivity index (χ0) is 16.5. The second kappa shape index (κ2) is 6.02. The molecule has 0 saturated carbocycles. The number of aromatic nitrogens is 3. The van der Waals surface area contributed by atoms with Gasteiger partial charge in [0, 0.05) is 29.5 Å². The SMILES string of the molecule is O=C(Cc1c[nH]c2ccccc12)NCc1cn2cc(Cl)ccc2n1. The molecule has 3 heterocycles. The Kier molecular flexibility index (Phi) is 3.70. The van der Waals surface area contributed by atoms with Gasteiger partial charge in [0.05, 0.1) is 23.7 Å². The van der Waals surface area contributed by atoms with Crippen molar-refractivity contribution in [3.63, 3.8) is 0 Å². The van der Waals surface area contributed by atoms with Gasteiger partial charge in [-0.15, -0.1) is 0 Å². The Bertz CT molecular complexity index is 1030. The standard InChI is InChI=1S/C18H15ClN4O/c19-13-5-6-17-22-14(11-23(17)10-13)9-21-18(24)7-12-8-20-16-4-2-1-3-15(12)16/h1-6,8,10-11,20H,7,9H2,(H,21,24). The van der Waals surface area contributed by atoms with Crippen molar-refractivity contribution in [2.75, 3.05) is 0 Å². The number of benzene rings is 1. The first-order valence-electron chi connectivity index (χ1n) is 7.64. The van der Waals surface area contributed by atoms with E-state index in [9.17, 15) is 4.79 Å². The van der Waals surface area contributed by atoms with Crippen molar-refractivity contribution in [2.24, 2.45) is 0 Å². The topological polar surface area (TPSA) is 62.2 Å². The summed E-state index contributed by atoms with van der Waals surface area (Å²) in [6, 6.07) is 11.6. The Morgan fingerprint density at radius 1 is 1.21 bits per heavy atom. The fourth-order valence-corrected chi connectivity index (χ4v) is 2.97. The van der Waals surface area contributed by atoms with Crippen LogP contribution < -0.4 is 5.32 Å². The number of fused-ring (bicyclic) bond motifs is 2. The molecule has 1 aromatic carbocycles. The molecule has 1 amide bonds. The van der Waals surface area contributed by atoms with Crippen LogP contribution in [0.5, 0.6) is 0 Å². The summed E-state index contributed by atoms with van der Waals surface area (Å²) in [7, 11) is 0. The van der Waals surface area contributed by atoms with Crippen LogP contribution in [0.4, 0.5) is 0 Å². The highest BCUT2D eigenvalue weighted by Gasteiger charge is 2.09. The van der Waals surface area contributed by atoms with Crippen LogP contribution in [-0.2, 0) is 17.8 Å². The number of para-hydroxylation sites is 1. The number of aromatic amines is 1. The lowest BCUT2D eigenvalue weighted by molar-refractivity contribution is -0.120. The first kappa shape index (κ1) is 14.8. The minimum Gasteiger partial charge on any atom is -0.361 e. The van der Waals surface area contributed by atoms with Crippen LogP contribution in [0.2, 0.25) is 5.02 Å². The lowest BCUT2D eigenvalue weighted by Crippen LogP contribution is -2.24. The Morgan fingerprint density at radius 2 is 2.08 bits per heavy atom. The number of nitrogens with zero attached hydrogens (tertiary/aromatic N) is 2. The zero-order valence-electron chi connectivity index (χ0n) is 12.8. The fourth-order valence-electron chi connectivity index (χ4n) is 2.80. The van der Waals surface area contributed by atoms with Crippen molar-refractivity contribution in [1.29, 1.82) is 0 Å². The molecule has 0 saturated heterocycles. The van der Waals surface area contributed by atoms with E-state index in [4.69, 9.17) is 11.6 Å². The number of rotatable bonds is 4. The van der Waals surface area contributed by atoms with Gasteiger partial charge >= 0.3 is 0 Å². The quantitative estimate of drug-likeness (QED) is 0.599. The zero-order valence-corrected chi connectivity index (χ0v) is 13.5. The average molecular weight is 339 g/mol. The number of halogens is 1. The molecule has 120 valence electrons. The van der Waals surface area contributed by atoms with Crippen molar-refractivity contribution < 1.29 is 4.79 Å². The van der Waals surface area contributed by atoms with Crippen LogP contribution in [-0.4, -0.2) is 20.3 Å². The molecule has 0 atom stereocenters. The Hall–Kier alpha value is -2.79. The van der Waals surface area contributed by atoms with Crippen molar-refractivity contribution in [3.05, 3.63) is 71.3 Å². The maximum absolute atomic E-state index is 12.2. The van der Waals surface area contributed by atoms with Crippen LogP contribution >= 0.6 is 11.6 Å². The molecule has 0 aliphatic rings. The summed E-state index contributed by atoms with van der Waals surface area (Å²) in [6.07, 6.45) is 5.88. The maximum Gasteiger partial charge on any atom is 0.224 e. The molecule has 24 heavy (non-hydrogen) atoms. The average Bonchev–Trinajstić information content (AvgIpc) is 3.17. The molecule has 0 fully saturated rings. The second-order valence-corrected chi connectivity index (χ2v) is 6.09. The predicted octanol–water partition coefficient (Wildman–Crippen LogP) is 3.33. The summed E-state index contributed by atoms with van der Waals surface area (Å²) in [5.74, 6) is -0.0326. The van der Waals surface area contributed by atoms with Crippen molar-refractivity contribution in [1.82, 2.24) is 19.7 Å². The summed E-state index contributed by atoms with van der Waals surface area (Å²) in [5.41, 5.74) is 3.63. The van der Waals surface area contributed by atoms with Crippen LogP contribution in [0.15, 0.2) is 55.0 Å². The number of pyridine rings is 1. The number of imidazole rings is 1. The molecule has 4 aromatic rings. The number of hydrogen-bond donors (Lipinski definition) is 2. The highest BCUT2D eigenvalue weighted by Crippen LogP contribution is 2.18. The summed E-state index contributed by atoms with van der Waals surface area (Å²) >= 11 is 5.96. The van der Waals surface area contributed by atoms with Gasteiger partial charge in [0.1, 0.15) is 5.65 Å². The summed E-state index contributed by atoms with van der Waals surface area (Å²) in [6.45, 7) is 0.389. The van der Waals surface area contributed by atoms with Crippen LogP contribution in [0.3, 0.4) is 0 Å². The molecule has 4 rings (SSSR count). The van der Waals surface area contributed by atoms with Crippen LogP contribution in [0.25, 0.3) is 16.6 Å². The first-order valence-corrected chi connectivity index (χ1v) is 8.02. The number of nitrogens with one attached hydrogen (secondary N) is 2. The van der Waals surface area contributed by atoms with Crippen LogP contribution in [0, 0.1) is 0 Å². The van der Waals surface area contributed by atoms with Crippen molar-refractivity contribution in [2.45, 2.75) is 13.0 Å². The monoisotopic (exact) mass is 338 g/mol. The van der Waals surface area contributed by atoms with Crippen LogP contribution in [0.1, 0.15) is 11.3 Å². The molecule has 5 nitrogen and oxygen atoms in total. The van der Waals surface area contributed by atoms with Gasteiger partial charge in [-0.1, -0.05) is 29.8 Å². The number of carbonyl (C=O) groups excluding carboxylic acids is 1. The molecule has 2 N–H and O–H groups in total. The van der Waals surface area contributed by atoms with Gasteiger partial charge < -0.3 is 14.7 Å². The van der Waals surface area contributed by atoms with Gasteiger partial charge in [0.15, 0.2) is 0 Å². The van der Waals surface area contributed by atoms with E-state index < -0.39 is 0 Å². The smallest absolute Gasteiger partial charge is 0.224 e. The van der Waals surface area contributed by atoms with E-state index in [0.29, 0.717) is 18.0 Å². The number of hydrogen-bond acceptors (Lipinski definition) is 2. The predicted molar refractivity (Wildman–Crippen MR) is 94.1 cm³/mol. The van der Waals surface area contributed by atoms with Gasteiger partial charge in [-0.2, -0.15) is 0 Å². The molecule has 0 aliphatic heterocycles. The Balaban J connectivity index is 1.44. The van der Waals surface area contributed by atoms with E-state index in [-0.39, 0.29) is 5.91 Å². The molecular formula is C18H15ClN4O. The summed E-state index contributed by atoms with van der Waals surface area (Å²) in [5, 5.41) is 4.64. The molecule has 0 spiro atoms. The molecule has 0 aliphatic carbocycles. The molecular weight excluding hydrogens is 324 g/mol. The van der Waals surface area contributed by atoms with Gasteiger partial charge in [-0.3, -0.25) is 4.79 Å². The van der Waals surface area contributed by atoms with Gasteiger partial charge in [0.25, 0.3) is 0 Å². The minimum absolute atomic E-state index is 0.0326. The third-order valence-corrected chi connectivity index (χ3v) is 4.18. The molecule has 6 heteroatoms. The van der Waals surface area contributed by atoms with E-state index in [1.54, 1.807) is 12.3 Å². The van der Waals surface area contributed by atoms with Gasteiger partial charge in [-0.25, -0.2) is 4.98 Å². The lowest BCUT2D eigenvalue weighted by Gasteiger charge is -2.02. The Morgan fingerprint density at radius 3 is 3.00 bits per heavy atom. The third kappa shape index (κ3) is 2.86. The van der Waals surface area contributed by atoms with E-state index in [1.807, 2.05) is 47.1 Å². The van der Waals surface area contributed by atoms with Gasteiger partial charge in [0.2, 0.25) is 5.91 Å². The van der Waals surface area contributed by atoms with E-state index in [0.717, 1.165) is 27.8 Å². The van der Waals surface area contributed by atoms with Crippen molar-refractivity contribution >= 4 is 34.1 Å². The van der Waals surface area contributed by atoms with Crippen molar-refractivity contribution in [3.8, 4) is 0 Å². The fraction of sp³-hybridized carbons (Fsp3) is 0.111. The van der Waals surface area contributed by atoms with E-state index in [2.05, 4.69) is 15.3 Å². The second-order valence-electron chi connectivity index (χ2n) is 5.66. The maximum atomic E-state index is 12.2. The third-order valence-electron chi connectivity index (χ3n) is 3.96. The molecule has 0 unspecified atom stereocenters. The highest BCUT2D eigenvalue weighted by atomic mass is 35.5.